The first-order chi connectivity index (χ1) is 13.0. The molecule has 0 aliphatic carbocycles. The van der Waals surface area contributed by atoms with Gasteiger partial charge < -0.3 is 14.6 Å². The van der Waals surface area contributed by atoms with E-state index in [1.807, 2.05) is 67.6 Å². The van der Waals surface area contributed by atoms with Crippen molar-refractivity contribution in [3.8, 4) is 22.7 Å². The molecule has 1 N–H and O–H groups in total. The highest BCUT2D eigenvalue weighted by Crippen LogP contribution is 2.31. The van der Waals surface area contributed by atoms with E-state index in [0.717, 1.165) is 28.4 Å². The van der Waals surface area contributed by atoms with Crippen LogP contribution in [0.2, 0.25) is 0 Å². The van der Waals surface area contributed by atoms with Crippen molar-refractivity contribution in [1.29, 1.82) is 0 Å². The average Bonchev–Trinajstić information content (AvgIpc) is 3.04. The number of hydrogen-bond donors (Lipinski definition) is 1. The van der Waals surface area contributed by atoms with Gasteiger partial charge in [-0.1, -0.05) is 44.2 Å². The molecular formula is C23H26N2O2. The van der Waals surface area contributed by atoms with E-state index < -0.39 is 0 Å². The average molecular weight is 362 g/mol. The van der Waals surface area contributed by atoms with Crippen molar-refractivity contribution >= 4 is 5.91 Å². The van der Waals surface area contributed by atoms with Crippen LogP contribution in [-0.2, 0) is 0 Å². The second-order valence-corrected chi connectivity index (χ2v) is 7.04. The first-order valence-corrected chi connectivity index (χ1v) is 9.21. The summed E-state index contributed by atoms with van der Waals surface area (Å²) in [7, 11) is 1.66. The highest BCUT2D eigenvalue weighted by molar-refractivity contribution is 5.97. The summed E-state index contributed by atoms with van der Waals surface area (Å²) in [5.74, 6) is 1.15. The molecular weight excluding hydrogens is 336 g/mol. The van der Waals surface area contributed by atoms with Crippen LogP contribution in [0.4, 0.5) is 0 Å². The predicted octanol–water partition coefficient (Wildman–Crippen LogP) is 4.85. The fourth-order valence-electron chi connectivity index (χ4n) is 3.13. The molecule has 1 amide bonds. The Hall–Kier alpha value is -3.01. The summed E-state index contributed by atoms with van der Waals surface area (Å²) in [6.45, 7) is 6.82. The molecule has 1 heterocycles. The number of aromatic nitrogens is 1. The lowest BCUT2D eigenvalue weighted by Gasteiger charge is -2.13. The largest absolute Gasteiger partial charge is 0.497 e. The Kier molecular flexibility index (Phi) is 5.65. The van der Waals surface area contributed by atoms with Gasteiger partial charge in [-0.05, 0) is 43.2 Å². The van der Waals surface area contributed by atoms with Crippen LogP contribution < -0.4 is 10.1 Å². The maximum Gasteiger partial charge on any atom is 0.253 e. The fraction of sp³-hybridized carbons (Fsp3) is 0.261. The van der Waals surface area contributed by atoms with E-state index >= 15 is 0 Å². The highest BCUT2D eigenvalue weighted by Gasteiger charge is 2.19. The van der Waals surface area contributed by atoms with Crippen LogP contribution >= 0.6 is 0 Å². The monoisotopic (exact) mass is 362 g/mol. The molecule has 3 rings (SSSR count). The number of methoxy groups -OCH3 is 1. The first-order valence-electron chi connectivity index (χ1n) is 9.21. The second-order valence-electron chi connectivity index (χ2n) is 7.04. The van der Waals surface area contributed by atoms with E-state index in [-0.39, 0.29) is 5.91 Å². The number of ether oxygens (including phenoxy) is 1. The smallest absolute Gasteiger partial charge is 0.253 e. The van der Waals surface area contributed by atoms with Gasteiger partial charge in [-0.15, -0.1) is 0 Å². The molecule has 0 unspecified atom stereocenters. The van der Waals surface area contributed by atoms with Gasteiger partial charge in [0, 0.05) is 23.5 Å². The van der Waals surface area contributed by atoms with E-state index in [9.17, 15) is 4.79 Å². The summed E-state index contributed by atoms with van der Waals surface area (Å²) in [5.41, 5.74) is 4.60. The summed E-state index contributed by atoms with van der Waals surface area (Å²) >= 11 is 0. The Balaban J connectivity index is 2.13. The molecule has 0 spiro atoms. The lowest BCUT2D eigenvalue weighted by atomic mass is 10.1. The molecule has 0 aliphatic rings. The number of nitrogens with zero attached hydrogens (tertiary/aromatic N) is 1. The third-order valence-corrected chi connectivity index (χ3v) is 4.54. The van der Waals surface area contributed by atoms with Crippen LogP contribution in [0.25, 0.3) is 16.9 Å². The van der Waals surface area contributed by atoms with Gasteiger partial charge in [0.25, 0.3) is 5.91 Å². The van der Waals surface area contributed by atoms with Crippen molar-refractivity contribution < 1.29 is 9.53 Å². The molecule has 0 saturated heterocycles. The van der Waals surface area contributed by atoms with Crippen molar-refractivity contribution in [3.05, 3.63) is 71.9 Å². The fourth-order valence-corrected chi connectivity index (χ4v) is 3.13. The molecule has 0 bridgehead atoms. The quantitative estimate of drug-likeness (QED) is 0.681. The maximum absolute atomic E-state index is 12.8. The van der Waals surface area contributed by atoms with Gasteiger partial charge in [0.05, 0.1) is 18.4 Å². The number of rotatable bonds is 6. The van der Waals surface area contributed by atoms with Gasteiger partial charge in [0.1, 0.15) is 5.75 Å². The second kappa shape index (κ2) is 8.12. The third-order valence-electron chi connectivity index (χ3n) is 4.54. The summed E-state index contributed by atoms with van der Waals surface area (Å²) in [5, 5.41) is 3.03. The Morgan fingerprint density at radius 2 is 1.81 bits per heavy atom. The molecule has 0 radical (unpaired) electrons. The van der Waals surface area contributed by atoms with Crippen molar-refractivity contribution in [2.75, 3.05) is 13.7 Å². The number of carbonyl (C=O) groups is 1. The van der Waals surface area contributed by atoms with Crippen LogP contribution in [0.3, 0.4) is 0 Å². The molecule has 4 heteroatoms. The number of para-hydroxylation sites is 1. The van der Waals surface area contributed by atoms with Crippen LogP contribution in [0.15, 0.2) is 60.7 Å². The van der Waals surface area contributed by atoms with E-state index in [2.05, 4.69) is 23.7 Å². The number of carbonyl (C=O) groups excluding carboxylic acids is 1. The zero-order valence-corrected chi connectivity index (χ0v) is 16.3. The first kappa shape index (κ1) is 18.8. The standard InChI is InChI=1S/C23H26N2O2/c1-16(2)15-24-23(26)21-14-22(18-9-8-12-20(13-18)27-4)25(17(21)3)19-10-6-5-7-11-19/h5-14,16H,15H2,1-4H3,(H,24,26). The molecule has 0 saturated carbocycles. The molecule has 4 nitrogen and oxygen atoms in total. The predicted molar refractivity (Wildman–Crippen MR) is 110 cm³/mol. The number of benzene rings is 2. The molecule has 0 aliphatic heterocycles. The molecule has 0 atom stereocenters. The molecule has 0 fully saturated rings. The van der Waals surface area contributed by atoms with Crippen molar-refractivity contribution in [1.82, 2.24) is 9.88 Å². The van der Waals surface area contributed by atoms with E-state index in [1.165, 1.54) is 0 Å². The minimum atomic E-state index is -0.0416. The SMILES string of the molecule is COc1cccc(-c2cc(C(=O)NCC(C)C)c(C)n2-c2ccccc2)c1. The Morgan fingerprint density at radius 3 is 2.48 bits per heavy atom. The maximum atomic E-state index is 12.8. The van der Waals surface area contributed by atoms with Crippen LogP contribution in [-0.4, -0.2) is 24.1 Å². The van der Waals surface area contributed by atoms with Crippen molar-refractivity contribution in [2.45, 2.75) is 20.8 Å². The number of hydrogen-bond acceptors (Lipinski definition) is 2. The van der Waals surface area contributed by atoms with E-state index in [1.54, 1.807) is 7.11 Å². The van der Waals surface area contributed by atoms with Gasteiger partial charge in [-0.2, -0.15) is 0 Å². The van der Waals surface area contributed by atoms with Gasteiger partial charge in [0.2, 0.25) is 0 Å². The molecule has 140 valence electrons. The third kappa shape index (κ3) is 4.05. The molecule has 2 aromatic carbocycles. The minimum absolute atomic E-state index is 0.0416. The normalized spacial score (nSPS) is 10.9. The number of amides is 1. The molecule has 27 heavy (non-hydrogen) atoms. The zero-order valence-electron chi connectivity index (χ0n) is 16.3. The van der Waals surface area contributed by atoms with Crippen molar-refractivity contribution in [2.24, 2.45) is 5.92 Å². The van der Waals surface area contributed by atoms with Gasteiger partial charge >= 0.3 is 0 Å². The summed E-state index contributed by atoms with van der Waals surface area (Å²) in [6, 6.07) is 20.0. The van der Waals surface area contributed by atoms with Crippen LogP contribution in [0.1, 0.15) is 29.9 Å². The zero-order chi connectivity index (χ0) is 19.4. The topological polar surface area (TPSA) is 43.3 Å². The van der Waals surface area contributed by atoms with Crippen LogP contribution in [0.5, 0.6) is 5.75 Å². The lowest BCUT2D eigenvalue weighted by Crippen LogP contribution is -2.27. The Bertz CT molecular complexity index is 927. The summed E-state index contributed by atoms with van der Waals surface area (Å²) in [6.07, 6.45) is 0. The van der Waals surface area contributed by atoms with Gasteiger partial charge in [0.15, 0.2) is 0 Å². The minimum Gasteiger partial charge on any atom is -0.497 e. The molecule has 3 aromatic rings. The summed E-state index contributed by atoms with van der Waals surface area (Å²) < 4.78 is 7.51. The van der Waals surface area contributed by atoms with Gasteiger partial charge in [-0.25, -0.2) is 0 Å². The van der Waals surface area contributed by atoms with E-state index in [0.29, 0.717) is 18.0 Å². The van der Waals surface area contributed by atoms with Crippen molar-refractivity contribution in [3.63, 3.8) is 0 Å². The Morgan fingerprint density at radius 1 is 1.07 bits per heavy atom. The Labute approximate surface area is 160 Å². The highest BCUT2D eigenvalue weighted by atomic mass is 16.5. The molecule has 1 aromatic heterocycles. The summed E-state index contributed by atoms with van der Waals surface area (Å²) in [4.78, 5) is 12.8. The van der Waals surface area contributed by atoms with Gasteiger partial charge in [-0.3, -0.25) is 4.79 Å². The number of nitrogens with one attached hydrogen (secondary N) is 1. The van der Waals surface area contributed by atoms with E-state index in [4.69, 9.17) is 4.74 Å². The lowest BCUT2D eigenvalue weighted by molar-refractivity contribution is 0.0948. The van der Waals surface area contributed by atoms with Crippen LogP contribution in [0, 0.1) is 12.8 Å².